The number of hydrogen-bond donors (Lipinski definition) is 0. The second-order valence-electron chi connectivity index (χ2n) is 2.26. The standard InChI is InChI=1S/C6H12N2/c1-6-7(2)4-5-8(6)3/h4-6H,1-3H3. The van der Waals surface area contributed by atoms with Crippen LogP contribution in [0.5, 0.6) is 0 Å². The number of rotatable bonds is 0. The Kier molecular flexibility index (Phi) is 1.16. The molecule has 0 aliphatic carbocycles. The molecular weight excluding hydrogens is 100 g/mol. The predicted octanol–water partition coefficient (Wildman–Crippen LogP) is 0.681. The zero-order chi connectivity index (χ0) is 6.15. The first-order chi connectivity index (χ1) is 3.72. The van der Waals surface area contributed by atoms with Gasteiger partial charge in [-0.3, -0.25) is 0 Å². The van der Waals surface area contributed by atoms with E-state index in [1.165, 1.54) is 0 Å². The van der Waals surface area contributed by atoms with Gasteiger partial charge in [0, 0.05) is 26.5 Å². The SMILES string of the molecule is CC1N(C)C=CN1C. The van der Waals surface area contributed by atoms with Crippen LogP contribution in [0.25, 0.3) is 0 Å². The van der Waals surface area contributed by atoms with E-state index in [1.54, 1.807) is 0 Å². The third kappa shape index (κ3) is 0.661. The number of hydrogen-bond acceptors (Lipinski definition) is 2. The summed E-state index contributed by atoms with van der Waals surface area (Å²) < 4.78 is 0. The third-order valence-corrected chi connectivity index (χ3v) is 1.72. The Morgan fingerprint density at radius 1 is 1.12 bits per heavy atom. The molecule has 2 nitrogen and oxygen atoms in total. The molecule has 2 heteroatoms. The van der Waals surface area contributed by atoms with E-state index in [1.807, 2.05) is 0 Å². The van der Waals surface area contributed by atoms with Crippen LogP contribution in [-0.2, 0) is 0 Å². The first kappa shape index (κ1) is 5.48. The minimum absolute atomic E-state index is 0.537. The molecule has 1 rings (SSSR count). The van der Waals surface area contributed by atoms with Gasteiger partial charge in [-0.1, -0.05) is 0 Å². The van der Waals surface area contributed by atoms with E-state index in [0.29, 0.717) is 6.17 Å². The molecule has 0 fully saturated rings. The second-order valence-corrected chi connectivity index (χ2v) is 2.26. The molecule has 0 radical (unpaired) electrons. The van der Waals surface area contributed by atoms with Crippen molar-refractivity contribution in [2.45, 2.75) is 13.1 Å². The minimum atomic E-state index is 0.537. The minimum Gasteiger partial charge on any atom is -0.359 e. The molecule has 0 aromatic heterocycles. The highest BCUT2D eigenvalue weighted by Gasteiger charge is 2.12. The zero-order valence-electron chi connectivity index (χ0n) is 5.63. The molecule has 0 saturated heterocycles. The number of nitrogens with zero attached hydrogens (tertiary/aromatic N) is 2. The Morgan fingerprint density at radius 3 is 1.62 bits per heavy atom. The zero-order valence-corrected chi connectivity index (χ0v) is 5.63. The van der Waals surface area contributed by atoms with Crippen molar-refractivity contribution < 1.29 is 0 Å². The molecule has 0 saturated carbocycles. The van der Waals surface area contributed by atoms with Gasteiger partial charge in [0.05, 0.1) is 6.17 Å². The van der Waals surface area contributed by atoms with E-state index < -0.39 is 0 Å². The van der Waals surface area contributed by atoms with E-state index >= 15 is 0 Å². The van der Waals surface area contributed by atoms with Crippen molar-refractivity contribution in [1.82, 2.24) is 9.80 Å². The Morgan fingerprint density at radius 2 is 1.50 bits per heavy atom. The van der Waals surface area contributed by atoms with Crippen LogP contribution in [0.2, 0.25) is 0 Å². The van der Waals surface area contributed by atoms with Crippen LogP contribution in [-0.4, -0.2) is 30.1 Å². The van der Waals surface area contributed by atoms with Gasteiger partial charge in [0.15, 0.2) is 0 Å². The van der Waals surface area contributed by atoms with E-state index in [2.05, 4.69) is 43.2 Å². The fraction of sp³-hybridized carbons (Fsp3) is 0.667. The molecule has 46 valence electrons. The topological polar surface area (TPSA) is 6.48 Å². The third-order valence-electron chi connectivity index (χ3n) is 1.72. The van der Waals surface area contributed by atoms with Crippen LogP contribution in [0, 0.1) is 0 Å². The highest BCUT2D eigenvalue weighted by Crippen LogP contribution is 2.08. The molecule has 0 aromatic carbocycles. The van der Waals surface area contributed by atoms with E-state index in [-0.39, 0.29) is 0 Å². The summed E-state index contributed by atoms with van der Waals surface area (Å²) in [6.45, 7) is 2.17. The molecule has 8 heavy (non-hydrogen) atoms. The van der Waals surface area contributed by atoms with Crippen molar-refractivity contribution in [1.29, 1.82) is 0 Å². The quantitative estimate of drug-likeness (QED) is 0.454. The lowest BCUT2D eigenvalue weighted by atomic mass is 10.5. The van der Waals surface area contributed by atoms with Crippen LogP contribution in [0.4, 0.5) is 0 Å². The van der Waals surface area contributed by atoms with Gasteiger partial charge in [0.2, 0.25) is 0 Å². The maximum absolute atomic E-state index is 2.17. The van der Waals surface area contributed by atoms with Gasteiger partial charge in [-0.2, -0.15) is 0 Å². The molecule has 0 bridgehead atoms. The Balaban J connectivity index is 2.55. The summed E-state index contributed by atoms with van der Waals surface area (Å²) in [5, 5.41) is 0. The maximum atomic E-state index is 2.17. The Hall–Kier alpha value is -0.660. The monoisotopic (exact) mass is 112 g/mol. The molecule has 0 N–H and O–H groups in total. The van der Waals surface area contributed by atoms with Crippen molar-refractivity contribution in [2.24, 2.45) is 0 Å². The lowest BCUT2D eigenvalue weighted by Gasteiger charge is -2.22. The normalized spacial score (nSPS) is 20.9. The van der Waals surface area contributed by atoms with Crippen LogP contribution in [0.15, 0.2) is 12.4 Å². The van der Waals surface area contributed by atoms with Gasteiger partial charge in [-0.15, -0.1) is 0 Å². The van der Waals surface area contributed by atoms with Gasteiger partial charge in [-0.05, 0) is 6.92 Å². The first-order valence-corrected chi connectivity index (χ1v) is 2.84. The van der Waals surface area contributed by atoms with Gasteiger partial charge in [0.25, 0.3) is 0 Å². The summed E-state index contributed by atoms with van der Waals surface area (Å²) in [5.41, 5.74) is 0. The first-order valence-electron chi connectivity index (χ1n) is 2.84. The molecule has 1 heterocycles. The average molecular weight is 112 g/mol. The Labute approximate surface area is 50.4 Å². The maximum Gasteiger partial charge on any atom is 0.0971 e. The Bertz CT molecular complexity index is 97.1. The highest BCUT2D eigenvalue weighted by atomic mass is 15.3. The average Bonchev–Trinajstić information content (AvgIpc) is 1.98. The lowest BCUT2D eigenvalue weighted by Crippen LogP contribution is -2.30. The van der Waals surface area contributed by atoms with Crippen molar-refractivity contribution in [3.05, 3.63) is 12.4 Å². The van der Waals surface area contributed by atoms with Crippen molar-refractivity contribution >= 4 is 0 Å². The summed E-state index contributed by atoms with van der Waals surface area (Å²) in [6, 6.07) is 0. The van der Waals surface area contributed by atoms with Gasteiger partial charge in [-0.25, -0.2) is 0 Å². The van der Waals surface area contributed by atoms with E-state index in [9.17, 15) is 0 Å². The van der Waals surface area contributed by atoms with Crippen LogP contribution in [0.1, 0.15) is 6.92 Å². The highest BCUT2D eigenvalue weighted by molar-refractivity contribution is 4.91. The summed E-state index contributed by atoms with van der Waals surface area (Å²) in [7, 11) is 4.15. The van der Waals surface area contributed by atoms with Crippen molar-refractivity contribution in [2.75, 3.05) is 14.1 Å². The van der Waals surface area contributed by atoms with E-state index in [0.717, 1.165) is 0 Å². The molecular formula is C6H12N2. The van der Waals surface area contributed by atoms with Crippen LogP contribution in [0.3, 0.4) is 0 Å². The van der Waals surface area contributed by atoms with Gasteiger partial charge in [0.1, 0.15) is 0 Å². The molecule has 0 atom stereocenters. The fourth-order valence-corrected chi connectivity index (χ4v) is 0.747. The van der Waals surface area contributed by atoms with E-state index in [4.69, 9.17) is 0 Å². The summed E-state index contributed by atoms with van der Waals surface area (Å²) in [4.78, 5) is 4.33. The molecule has 0 amide bonds. The van der Waals surface area contributed by atoms with Crippen LogP contribution >= 0.6 is 0 Å². The molecule has 1 aliphatic rings. The van der Waals surface area contributed by atoms with Gasteiger partial charge < -0.3 is 9.80 Å². The smallest absolute Gasteiger partial charge is 0.0971 e. The largest absolute Gasteiger partial charge is 0.359 e. The van der Waals surface area contributed by atoms with Crippen LogP contribution < -0.4 is 0 Å². The summed E-state index contributed by atoms with van der Waals surface area (Å²) >= 11 is 0. The summed E-state index contributed by atoms with van der Waals surface area (Å²) in [6.07, 6.45) is 4.69. The second kappa shape index (κ2) is 1.69. The molecule has 0 unspecified atom stereocenters. The molecule has 1 aliphatic heterocycles. The van der Waals surface area contributed by atoms with Gasteiger partial charge >= 0.3 is 0 Å². The van der Waals surface area contributed by atoms with Crippen molar-refractivity contribution in [3.8, 4) is 0 Å². The molecule has 0 spiro atoms. The van der Waals surface area contributed by atoms with Crippen molar-refractivity contribution in [3.63, 3.8) is 0 Å². The molecule has 0 aromatic rings. The predicted molar refractivity (Wildman–Crippen MR) is 34.1 cm³/mol. The lowest BCUT2D eigenvalue weighted by molar-refractivity contribution is 0.226. The summed E-state index contributed by atoms with van der Waals surface area (Å²) in [5.74, 6) is 0. The fourth-order valence-electron chi connectivity index (χ4n) is 0.747.